The molecule has 0 unspecified atom stereocenters. The van der Waals surface area contributed by atoms with Crippen molar-refractivity contribution >= 4 is 5.97 Å². The summed E-state index contributed by atoms with van der Waals surface area (Å²) in [4.78, 5) is 11.3. The molecule has 1 aromatic rings. The molecule has 1 aromatic carbocycles. The van der Waals surface area contributed by atoms with Crippen molar-refractivity contribution in [1.82, 2.24) is 0 Å². The van der Waals surface area contributed by atoms with E-state index < -0.39 is 0 Å². The van der Waals surface area contributed by atoms with Crippen LogP contribution in [-0.4, -0.2) is 25.3 Å². The van der Waals surface area contributed by atoms with E-state index in [1.807, 2.05) is 6.07 Å². The number of esters is 1. The van der Waals surface area contributed by atoms with Crippen molar-refractivity contribution in [3.63, 3.8) is 0 Å². The summed E-state index contributed by atoms with van der Waals surface area (Å²) in [7, 11) is 1.41. The molecule has 3 heteroatoms. The van der Waals surface area contributed by atoms with Crippen LogP contribution in [0, 0.1) is 0 Å². The summed E-state index contributed by atoms with van der Waals surface area (Å²) in [5.41, 5.74) is 2.49. The zero-order chi connectivity index (χ0) is 14.4. The van der Waals surface area contributed by atoms with Crippen molar-refractivity contribution in [1.29, 1.82) is 0 Å². The lowest BCUT2D eigenvalue weighted by atomic mass is 9.94. The van der Waals surface area contributed by atoms with E-state index in [4.69, 9.17) is 9.47 Å². The van der Waals surface area contributed by atoms with E-state index in [1.165, 1.54) is 18.2 Å². The van der Waals surface area contributed by atoms with E-state index in [9.17, 15) is 4.79 Å². The summed E-state index contributed by atoms with van der Waals surface area (Å²) in [5, 5.41) is 0. The van der Waals surface area contributed by atoms with E-state index >= 15 is 0 Å². The smallest absolute Gasteiger partial charge is 0.308 e. The van der Waals surface area contributed by atoms with Crippen LogP contribution >= 0.6 is 0 Å². The molecule has 108 valence electrons. The zero-order valence-electron chi connectivity index (χ0n) is 12.0. The summed E-state index contributed by atoms with van der Waals surface area (Å²) in [6.07, 6.45) is 4.00. The van der Waals surface area contributed by atoms with Gasteiger partial charge in [0.2, 0.25) is 0 Å². The largest absolute Gasteiger partial charge is 0.469 e. The van der Waals surface area contributed by atoms with Gasteiger partial charge in [0.1, 0.15) is 0 Å². The molecule has 2 atom stereocenters. The molecule has 0 radical (unpaired) electrons. The van der Waals surface area contributed by atoms with E-state index in [-0.39, 0.29) is 18.2 Å². The van der Waals surface area contributed by atoms with E-state index in [0.29, 0.717) is 6.42 Å². The Morgan fingerprint density at radius 2 is 2.00 bits per heavy atom. The second-order valence-electron chi connectivity index (χ2n) is 5.34. The molecule has 1 saturated heterocycles. The van der Waals surface area contributed by atoms with Gasteiger partial charge in [0.25, 0.3) is 0 Å². The number of carbonyl (C=O) groups excluding carboxylic acids is 1. The third-order valence-corrected chi connectivity index (χ3v) is 3.64. The number of hydrogen-bond donors (Lipinski definition) is 0. The van der Waals surface area contributed by atoms with Crippen LogP contribution < -0.4 is 0 Å². The van der Waals surface area contributed by atoms with Gasteiger partial charge in [0.15, 0.2) is 0 Å². The van der Waals surface area contributed by atoms with Crippen molar-refractivity contribution in [2.75, 3.05) is 7.11 Å². The minimum absolute atomic E-state index is 0.0792. The fourth-order valence-electron chi connectivity index (χ4n) is 2.63. The number of hydrogen-bond acceptors (Lipinski definition) is 3. The van der Waals surface area contributed by atoms with Crippen LogP contribution in [0.3, 0.4) is 0 Å². The predicted molar refractivity (Wildman–Crippen MR) is 78.4 cm³/mol. The molecular weight excluding hydrogens is 252 g/mol. The second kappa shape index (κ2) is 7.25. The van der Waals surface area contributed by atoms with Crippen molar-refractivity contribution in [2.45, 2.75) is 44.3 Å². The molecule has 0 bridgehead atoms. The van der Waals surface area contributed by atoms with Gasteiger partial charge in [-0.15, -0.1) is 0 Å². The number of carbonyl (C=O) groups is 1. The van der Waals surface area contributed by atoms with Crippen molar-refractivity contribution in [3.8, 4) is 0 Å². The normalized spacial score (nSPS) is 22.6. The number of ether oxygens (including phenoxy) is 2. The Hall–Kier alpha value is -1.61. The Labute approximate surface area is 120 Å². The summed E-state index contributed by atoms with van der Waals surface area (Å²) in [6, 6.07) is 10.4. The molecule has 0 N–H and O–H groups in total. The lowest BCUT2D eigenvalue weighted by Crippen LogP contribution is -2.31. The Kier molecular flexibility index (Phi) is 5.36. The SMILES string of the molecule is C=C1C[C@@H](CCc2ccccc2)O[C@@H](CC(=O)OC)C1. The molecule has 0 amide bonds. The lowest BCUT2D eigenvalue weighted by molar-refractivity contribution is -0.145. The van der Waals surface area contributed by atoms with Crippen molar-refractivity contribution in [3.05, 3.63) is 48.0 Å². The summed E-state index contributed by atoms with van der Waals surface area (Å²) >= 11 is 0. The quantitative estimate of drug-likeness (QED) is 0.610. The first-order valence-corrected chi connectivity index (χ1v) is 7.10. The summed E-state index contributed by atoms with van der Waals surface area (Å²) in [6.45, 7) is 4.07. The average Bonchev–Trinajstić information content (AvgIpc) is 2.45. The van der Waals surface area contributed by atoms with Crippen molar-refractivity contribution < 1.29 is 14.3 Å². The fraction of sp³-hybridized carbons (Fsp3) is 0.471. The highest BCUT2D eigenvalue weighted by Crippen LogP contribution is 2.27. The van der Waals surface area contributed by atoms with Gasteiger partial charge in [-0.2, -0.15) is 0 Å². The Morgan fingerprint density at radius 1 is 1.30 bits per heavy atom. The third-order valence-electron chi connectivity index (χ3n) is 3.64. The molecule has 1 fully saturated rings. The van der Waals surface area contributed by atoms with Gasteiger partial charge in [-0.25, -0.2) is 0 Å². The molecular formula is C17H22O3. The lowest BCUT2D eigenvalue weighted by Gasteiger charge is -2.31. The molecule has 20 heavy (non-hydrogen) atoms. The molecule has 1 aliphatic rings. The Balaban J connectivity index is 1.85. The number of benzene rings is 1. The van der Waals surface area contributed by atoms with Crippen LogP contribution in [0.5, 0.6) is 0 Å². The monoisotopic (exact) mass is 274 g/mol. The van der Waals surface area contributed by atoms with Crippen molar-refractivity contribution in [2.24, 2.45) is 0 Å². The van der Waals surface area contributed by atoms with Crippen LogP contribution in [0.4, 0.5) is 0 Å². The second-order valence-corrected chi connectivity index (χ2v) is 5.34. The van der Waals surface area contributed by atoms with Gasteiger partial charge in [-0.1, -0.05) is 42.5 Å². The number of aryl methyl sites for hydroxylation is 1. The molecule has 0 aliphatic carbocycles. The Morgan fingerprint density at radius 3 is 2.70 bits per heavy atom. The van der Waals surface area contributed by atoms with Gasteiger partial charge < -0.3 is 9.47 Å². The molecule has 2 rings (SSSR count). The van der Waals surface area contributed by atoms with Gasteiger partial charge in [0, 0.05) is 0 Å². The van der Waals surface area contributed by atoms with E-state index in [0.717, 1.165) is 25.7 Å². The summed E-state index contributed by atoms with van der Waals surface area (Å²) in [5.74, 6) is -0.216. The standard InChI is InChI=1S/C17H22O3/c1-13-10-15(9-8-14-6-4-3-5-7-14)20-16(11-13)12-17(18)19-2/h3-7,15-16H,1,8-12H2,2H3/t15-,16-/m1/s1. The van der Waals surface area contributed by atoms with Gasteiger partial charge >= 0.3 is 5.97 Å². The predicted octanol–water partition coefficient (Wildman–Crippen LogP) is 3.29. The van der Waals surface area contributed by atoms with E-state index in [2.05, 4.69) is 30.8 Å². The highest BCUT2D eigenvalue weighted by Gasteiger charge is 2.26. The van der Waals surface area contributed by atoms with Gasteiger partial charge in [0.05, 0.1) is 25.7 Å². The fourth-order valence-corrected chi connectivity index (χ4v) is 2.63. The van der Waals surface area contributed by atoms with Crippen LogP contribution in [-0.2, 0) is 20.7 Å². The minimum Gasteiger partial charge on any atom is -0.469 e. The average molecular weight is 274 g/mol. The zero-order valence-corrected chi connectivity index (χ0v) is 12.0. The maximum atomic E-state index is 11.3. The maximum Gasteiger partial charge on any atom is 0.308 e. The molecule has 0 spiro atoms. The van der Waals surface area contributed by atoms with E-state index in [1.54, 1.807) is 0 Å². The van der Waals surface area contributed by atoms with Crippen LogP contribution in [0.1, 0.15) is 31.2 Å². The third kappa shape index (κ3) is 4.49. The molecule has 3 nitrogen and oxygen atoms in total. The molecule has 0 saturated carbocycles. The number of methoxy groups -OCH3 is 1. The van der Waals surface area contributed by atoms with Crippen LogP contribution in [0.15, 0.2) is 42.5 Å². The highest BCUT2D eigenvalue weighted by molar-refractivity contribution is 5.69. The van der Waals surface area contributed by atoms with Gasteiger partial charge in [-0.3, -0.25) is 4.79 Å². The van der Waals surface area contributed by atoms with Crippen LogP contribution in [0.2, 0.25) is 0 Å². The summed E-state index contributed by atoms with van der Waals surface area (Å²) < 4.78 is 10.7. The van der Waals surface area contributed by atoms with Gasteiger partial charge in [-0.05, 0) is 31.2 Å². The molecule has 1 aliphatic heterocycles. The first-order valence-electron chi connectivity index (χ1n) is 7.10. The number of rotatable bonds is 5. The first-order chi connectivity index (χ1) is 9.67. The maximum absolute atomic E-state index is 11.3. The highest BCUT2D eigenvalue weighted by atomic mass is 16.5. The van der Waals surface area contributed by atoms with Crippen LogP contribution in [0.25, 0.3) is 0 Å². The first kappa shape index (κ1) is 14.8. The minimum atomic E-state index is -0.216. The molecule has 0 aromatic heterocycles. The molecule has 1 heterocycles. The topological polar surface area (TPSA) is 35.5 Å². The Bertz CT molecular complexity index is 453.